The first-order chi connectivity index (χ1) is 9.43. The molecule has 3 aromatic rings. The zero-order chi connectivity index (χ0) is 12.7. The fourth-order valence-corrected chi connectivity index (χ4v) is 3.66. The summed E-state index contributed by atoms with van der Waals surface area (Å²) in [6, 6.07) is 10.6. The third kappa shape index (κ3) is 1.78. The Morgan fingerprint density at radius 3 is 2.84 bits per heavy atom. The molecule has 0 N–H and O–H groups in total. The number of hydrogen-bond acceptors (Lipinski definition) is 3. The van der Waals surface area contributed by atoms with E-state index in [1.54, 1.807) is 0 Å². The van der Waals surface area contributed by atoms with Crippen molar-refractivity contribution in [2.45, 2.75) is 0 Å². The van der Waals surface area contributed by atoms with Gasteiger partial charge in [-0.15, -0.1) is 0 Å². The van der Waals surface area contributed by atoms with Gasteiger partial charge in [0, 0.05) is 30.8 Å². The normalized spacial score (nSPS) is 16.3. The van der Waals surface area contributed by atoms with Crippen LogP contribution >= 0.6 is 11.8 Å². The average Bonchev–Trinajstić information content (AvgIpc) is 2.96. The highest BCUT2D eigenvalue weighted by Crippen LogP contribution is 2.27. The van der Waals surface area contributed by atoms with Crippen LogP contribution < -0.4 is 4.90 Å². The highest BCUT2D eigenvalue weighted by molar-refractivity contribution is 7.99. The van der Waals surface area contributed by atoms with Crippen LogP contribution in [0, 0.1) is 0 Å². The molecule has 0 bridgehead atoms. The number of rotatable bonds is 1. The predicted molar refractivity (Wildman–Crippen MR) is 82.2 cm³/mol. The molecule has 3 heterocycles. The van der Waals surface area contributed by atoms with E-state index in [1.165, 1.54) is 22.7 Å². The lowest BCUT2D eigenvalue weighted by Crippen LogP contribution is -2.32. The second-order valence-electron chi connectivity index (χ2n) is 4.81. The Morgan fingerprint density at radius 2 is 1.95 bits per heavy atom. The number of aromatic nitrogens is 2. The van der Waals surface area contributed by atoms with Gasteiger partial charge in [-0.05, 0) is 24.3 Å². The van der Waals surface area contributed by atoms with Gasteiger partial charge in [-0.1, -0.05) is 6.07 Å². The van der Waals surface area contributed by atoms with Gasteiger partial charge in [0.05, 0.1) is 22.9 Å². The number of para-hydroxylation sites is 1. The molecule has 1 aliphatic rings. The van der Waals surface area contributed by atoms with Crippen LogP contribution in [-0.2, 0) is 0 Å². The lowest BCUT2D eigenvalue weighted by molar-refractivity contribution is 0.861. The quantitative estimate of drug-likeness (QED) is 0.677. The lowest BCUT2D eigenvalue weighted by Gasteiger charge is -2.29. The Morgan fingerprint density at radius 1 is 1.05 bits per heavy atom. The summed E-state index contributed by atoms with van der Waals surface area (Å²) in [4.78, 5) is 7.15. The summed E-state index contributed by atoms with van der Waals surface area (Å²) >= 11 is 2.04. The van der Waals surface area contributed by atoms with Crippen molar-refractivity contribution in [3.05, 3.63) is 42.7 Å². The minimum absolute atomic E-state index is 1.11. The molecule has 0 amide bonds. The maximum atomic E-state index is 4.69. The Labute approximate surface area is 116 Å². The van der Waals surface area contributed by atoms with E-state index in [0.29, 0.717) is 0 Å². The average molecular weight is 269 g/mol. The minimum Gasteiger partial charge on any atom is -0.368 e. The molecule has 0 spiro atoms. The number of fused-ring (bicyclic) bond motifs is 3. The molecule has 4 heteroatoms. The van der Waals surface area contributed by atoms with E-state index < -0.39 is 0 Å². The van der Waals surface area contributed by atoms with Gasteiger partial charge in [0.15, 0.2) is 0 Å². The Balaban J connectivity index is 1.95. The fraction of sp³-hybridized carbons (Fsp3) is 0.267. The first-order valence-electron chi connectivity index (χ1n) is 6.61. The number of hydrogen-bond donors (Lipinski definition) is 0. The monoisotopic (exact) mass is 269 g/mol. The molecule has 3 nitrogen and oxygen atoms in total. The van der Waals surface area contributed by atoms with Crippen molar-refractivity contribution in [1.29, 1.82) is 0 Å². The largest absolute Gasteiger partial charge is 0.368 e. The molecule has 0 aliphatic carbocycles. The Kier molecular flexibility index (Phi) is 2.62. The molecule has 1 saturated heterocycles. The van der Waals surface area contributed by atoms with Gasteiger partial charge >= 0.3 is 0 Å². The smallest absolute Gasteiger partial charge is 0.110 e. The van der Waals surface area contributed by atoms with Crippen LogP contribution in [0.5, 0.6) is 0 Å². The Hall–Kier alpha value is -1.68. The summed E-state index contributed by atoms with van der Waals surface area (Å²) in [5.41, 5.74) is 4.73. The summed E-state index contributed by atoms with van der Waals surface area (Å²) in [6.45, 7) is 2.24. The van der Waals surface area contributed by atoms with Crippen LogP contribution in [-0.4, -0.2) is 34.0 Å². The second-order valence-corrected chi connectivity index (χ2v) is 6.03. The van der Waals surface area contributed by atoms with E-state index in [9.17, 15) is 0 Å². The zero-order valence-corrected chi connectivity index (χ0v) is 11.4. The molecule has 0 unspecified atom stereocenters. The van der Waals surface area contributed by atoms with Crippen LogP contribution in [0.2, 0.25) is 0 Å². The highest BCUT2D eigenvalue weighted by atomic mass is 32.2. The molecule has 1 aliphatic heterocycles. The first-order valence-corrected chi connectivity index (χ1v) is 7.76. The second kappa shape index (κ2) is 4.46. The van der Waals surface area contributed by atoms with Gasteiger partial charge in [0.1, 0.15) is 5.52 Å². The van der Waals surface area contributed by atoms with E-state index in [2.05, 4.69) is 50.8 Å². The summed E-state index contributed by atoms with van der Waals surface area (Å²) in [5, 5.41) is 0. The van der Waals surface area contributed by atoms with E-state index in [4.69, 9.17) is 0 Å². The molecular weight excluding hydrogens is 254 g/mol. The summed E-state index contributed by atoms with van der Waals surface area (Å²) < 4.78 is 2.21. The zero-order valence-electron chi connectivity index (χ0n) is 10.6. The molecule has 96 valence electrons. The summed E-state index contributed by atoms with van der Waals surface area (Å²) in [6.07, 6.45) is 4.07. The van der Waals surface area contributed by atoms with Crippen molar-refractivity contribution in [2.75, 3.05) is 29.5 Å². The minimum atomic E-state index is 1.11. The van der Waals surface area contributed by atoms with Crippen molar-refractivity contribution < 1.29 is 0 Å². The number of anilines is 1. The maximum absolute atomic E-state index is 4.69. The van der Waals surface area contributed by atoms with Gasteiger partial charge in [-0.2, -0.15) is 11.8 Å². The topological polar surface area (TPSA) is 20.5 Å². The van der Waals surface area contributed by atoms with E-state index in [-0.39, 0.29) is 0 Å². The van der Waals surface area contributed by atoms with Gasteiger partial charge < -0.3 is 9.30 Å². The lowest BCUT2D eigenvalue weighted by atomic mass is 10.2. The number of thioether (sulfide) groups is 1. The molecule has 1 aromatic carbocycles. The van der Waals surface area contributed by atoms with Gasteiger partial charge in [0.25, 0.3) is 0 Å². The van der Waals surface area contributed by atoms with Crippen molar-refractivity contribution in [1.82, 2.24) is 9.38 Å². The molecule has 19 heavy (non-hydrogen) atoms. The van der Waals surface area contributed by atoms with Gasteiger partial charge in [-0.3, -0.25) is 4.98 Å². The predicted octanol–water partition coefficient (Wildman–Crippen LogP) is 3.04. The molecule has 2 aromatic heterocycles. The van der Waals surface area contributed by atoms with Crippen LogP contribution in [0.1, 0.15) is 0 Å². The van der Waals surface area contributed by atoms with Crippen LogP contribution in [0.3, 0.4) is 0 Å². The molecule has 0 atom stereocenters. The third-order valence-electron chi connectivity index (χ3n) is 3.71. The van der Waals surface area contributed by atoms with Gasteiger partial charge in [0.2, 0.25) is 0 Å². The standard InChI is InChI=1S/C15H15N3S/c1-4-13(17-7-9-19-10-8-17)15-14(5-1)18-6-2-3-12(18)11-16-15/h1-6,11H,7-10H2. The van der Waals surface area contributed by atoms with E-state index in [1.807, 2.05) is 18.0 Å². The summed E-state index contributed by atoms with van der Waals surface area (Å²) in [5.74, 6) is 2.42. The fourth-order valence-electron chi connectivity index (χ4n) is 2.75. The van der Waals surface area contributed by atoms with E-state index >= 15 is 0 Å². The Bertz CT molecular complexity index is 728. The van der Waals surface area contributed by atoms with Gasteiger partial charge in [-0.25, -0.2) is 0 Å². The van der Waals surface area contributed by atoms with Crippen LogP contribution in [0.15, 0.2) is 42.7 Å². The van der Waals surface area contributed by atoms with Crippen LogP contribution in [0.4, 0.5) is 5.69 Å². The SMILES string of the molecule is c1cc(N2CCSCC2)c2ncc3cccn3c2c1. The molecule has 1 fully saturated rings. The number of benzene rings is 1. The third-order valence-corrected chi connectivity index (χ3v) is 4.65. The maximum Gasteiger partial charge on any atom is 0.110 e. The first kappa shape index (κ1) is 11.2. The van der Waals surface area contributed by atoms with Crippen molar-refractivity contribution >= 4 is 34.0 Å². The van der Waals surface area contributed by atoms with Crippen molar-refractivity contribution in [3.63, 3.8) is 0 Å². The molecule has 4 rings (SSSR count). The number of nitrogens with zero attached hydrogens (tertiary/aromatic N) is 3. The molecule has 0 saturated carbocycles. The highest BCUT2D eigenvalue weighted by Gasteiger charge is 2.15. The van der Waals surface area contributed by atoms with Crippen LogP contribution in [0.25, 0.3) is 16.6 Å². The van der Waals surface area contributed by atoms with Crippen molar-refractivity contribution in [2.24, 2.45) is 0 Å². The van der Waals surface area contributed by atoms with E-state index in [0.717, 1.165) is 24.1 Å². The summed E-state index contributed by atoms with van der Waals surface area (Å²) in [7, 11) is 0. The molecular formula is C15H15N3S. The van der Waals surface area contributed by atoms with Crippen molar-refractivity contribution in [3.8, 4) is 0 Å². The molecule has 0 radical (unpaired) electrons.